The van der Waals surface area contributed by atoms with Crippen molar-refractivity contribution >= 4 is 44.4 Å². The smallest absolute Gasteiger partial charge is 0.285 e. The van der Waals surface area contributed by atoms with E-state index < -0.39 is 52.7 Å². The van der Waals surface area contributed by atoms with Gasteiger partial charge in [0.25, 0.3) is 20.2 Å². The van der Waals surface area contributed by atoms with Gasteiger partial charge in [0, 0.05) is 22.3 Å². The summed E-state index contributed by atoms with van der Waals surface area (Å²) >= 11 is 0. The van der Waals surface area contributed by atoms with Crippen LogP contribution in [-0.2, 0) is 29.8 Å². The number of hydrogen-bond donors (Lipinski definition) is 2. The van der Waals surface area contributed by atoms with E-state index in [1.165, 1.54) is 18.4 Å². The van der Waals surface area contributed by atoms with Gasteiger partial charge in [0.15, 0.2) is 0 Å². The summed E-state index contributed by atoms with van der Waals surface area (Å²) in [6.07, 6.45) is 2.50. The average molecular weight is 424 g/mol. The normalized spacial score (nSPS) is 11.6. The fraction of sp³-hybridized carbons (Fsp3) is 0. The summed E-state index contributed by atoms with van der Waals surface area (Å²) in [6.45, 7) is 0. The first-order valence-electron chi connectivity index (χ1n) is 6.98. The van der Waals surface area contributed by atoms with E-state index in [-0.39, 0.29) is 11.1 Å². The van der Waals surface area contributed by atoms with Crippen LogP contribution in [0.25, 0.3) is 0 Å². The van der Waals surface area contributed by atoms with Gasteiger partial charge in [0.05, 0.1) is 4.90 Å². The van der Waals surface area contributed by atoms with Gasteiger partial charge in [-0.15, -0.1) is 0 Å². The van der Waals surface area contributed by atoms with Gasteiger partial charge in [0.2, 0.25) is 24.1 Å². The Morgan fingerprint density at radius 2 is 1.46 bits per heavy atom. The molecule has 28 heavy (non-hydrogen) atoms. The van der Waals surface area contributed by atoms with Crippen molar-refractivity contribution in [3.05, 3.63) is 58.7 Å². The van der Waals surface area contributed by atoms with Crippen LogP contribution >= 0.6 is 0 Å². The molecule has 0 aromatic heterocycles. The zero-order chi connectivity index (χ0) is 21.3. The first-order valence-corrected chi connectivity index (χ1v) is 9.86. The molecule has 0 amide bonds. The Morgan fingerprint density at radius 3 is 1.96 bits per heavy atom. The Morgan fingerprint density at radius 1 is 0.821 bits per heavy atom. The number of ketones is 2. The molecule has 2 aromatic rings. The molecule has 0 heterocycles. The van der Waals surface area contributed by atoms with Crippen LogP contribution in [0.15, 0.2) is 46.2 Å². The third kappa shape index (κ3) is 4.26. The summed E-state index contributed by atoms with van der Waals surface area (Å²) < 4.78 is 64.3. The summed E-state index contributed by atoms with van der Waals surface area (Å²) in [6, 6.07) is 5.22. The molecule has 0 aliphatic rings. The quantitative estimate of drug-likeness (QED) is 0.353. The molecule has 10 nitrogen and oxygen atoms in total. The first-order chi connectivity index (χ1) is 12.9. The fourth-order valence-electron chi connectivity index (χ4n) is 2.25. The molecular formula is C16H8O10S2. The maximum atomic E-state index is 12.5. The van der Waals surface area contributed by atoms with Crippen molar-refractivity contribution < 1.29 is 45.1 Å². The summed E-state index contributed by atoms with van der Waals surface area (Å²) in [4.78, 5) is 44.2. The number of hydrogen-bond acceptors (Lipinski definition) is 8. The van der Waals surface area contributed by atoms with Gasteiger partial charge in [-0.25, -0.2) is 0 Å². The van der Waals surface area contributed by atoms with Crippen molar-refractivity contribution in [1.82, 2.24) is 0 Å². The topological polar surface area (TPSA) is 177 Å². The van der Waals surface area contributed by atoms with E-state index in [0.717, 1.165) is 18.4 Å². The van der Waals surface area contributed by atoms with Crippen LogP contribution in [-0.4, -0.2) is 50.1 Å². The average Bonchev–Trinajstić information content (AvgIpc) is 2.64. The zero-order valence-electron chi connectivity index (χ0n) is 13.4. The van der Waals surface area contributed by atoms with Crippen LogP contribution in [0, 0.1) is 0 Å². The predicted octanol–water partition coefficient (Wildman–Crippen LogP) is 0.161. The monoisotopic (exact) mass is 424 g/mol. The molecule has 0 spiro atoms. The molecule has 12 heteroatoms. The van der Waals surface area contributed by atoms with Crippen molar-refractivity contribution in [1.29, 1.82) is 0 Å². The van der Waals surface area contributed by atoms with Gasteiger partial charge in [-0.1, -0.05) is 18.2 Å². The maximum absolute atomic E-state index is 12.5. The lowest BCUT2D eigenvalue weighted by Crippen LogP contribution is -2.20. The molecule has 2 rings (SSSR count). The number of Topliss-reactive ketones (excluding diaryl/α,β-unsaturated/α-hetero) is 2. The summed E-state index contributed by atoms with van der Waals surface area (Å²) in [5.74, 6) is -3.01. The van der Waals surface area contributed by atoms with Gasteiger partial charge >= 0.3 is 0 Å². The van der Waals surface area contributed by atoms with Crippen molar-refractivity contribution in [2.75, 3.05) is 0 Å². The standard InChI is InChI=1S/C16H8O10S2/c17-7-9-2-1-3-10(4-9)14(19)15(20)13-6-12(27(21,22)23)5-11(8-18)16(13)28(24,25)26/h1-6H,(H,21,22,23)(H,24,25,26). The third-order valence-electron chi connectivity index (χ3n) is 3.42. The molecule has 0 unspecified atom stereocenters. The van der Waals surface area contributed by atoms with Crippen LogP contribution < -0.4 is 0 Å². The number of carbonyl (C=O) groups is 2. The van der Waals surface area contributed by atoms with E-state index >= 15 is 0 Å². The Kier molecular flexibility index (Phi) is 5.70. The second kappa shape index (κ2) is 7.52. The van der Waals surface area contributed by atoms with Crippen molar-refractivity contribution in [3.63, 3.8) is 0 Å². The molecule has 0 saturated heterocycles. The summed E-state index contributed by atoms with van der Waals surface area (Å²) in [5.41, 5.74) is -2.76. The van der Waals surface area contributed by atoms with Crippen LogP contribution in [0.5, 0.6) is 0 Å². The predicted molar refractivity (Wildman–Crippen MR) is 90.8 cm³/mol. The first kappa shape index (κ1) is 21.2. The van der Waals surface area contributed by atoms with Crippen molar-refractivity contribution in [3.8, 4) is 0 Å². The molecule has 0 fully saturated rings. The van der Waals surface area contributed by atoms with E-state index in [0.29, 0.717) is 12.1 Å². The Labute approximate surface area is 158 Å². The molecule has 0 saturated carbocycles. The van der Waals surface area contributed by atoms with Gasteiger partial charge in [-0.3, -0.25) is 28.3 Å². The SMILES string of the molecule is O=[C]c1cccc(C(=O)C(=O)c2cc(S(=O)(=O)O)cc([C]=O)c2S(=O)(=O)O)c1. The minimum atomic E-state index is -5.29. The number of benzene rings is 2. The van der Waals surface area contributed by atoms with Gasteiger partial charge < -0.3 is 0 Å². The molecular weight excluding hydrogens is 416 g/mol. The summed E-state index contributed by atoms with van der Waals surface area (Å²) in [5, 5.41) is 0. The highest BCUT2D eigenvalue weighted by molar-refractivity contribution is 7.86. The molecule has 0 atom stereocenters. The van der Waals surface area contributed by atoms with Crippen molar-refractivity contribution in [2.24, 2.45) is 0 Å². The highest BCUT2D eigenvalue weighted by atomic mass is 32.2. The second-order valence-corrected chi connectivity index (χ2v) is 8.02. The maximum Gasteiger partial charge on any atom is 0.296 e. The van der Waals surface area contributed by atoms with Crippen LogP contribution in [0.1, 0.15) is 31.8 Å². The Hall–Kier alpha value is -3.06. The fourth-order valence-corrected chi connectivity index (χ4v) is 3.59. The second-order valence-electron chi connectivity index (χ2n) is 5.24. The van der Waals surface area contributed by atoms with Gasteiger partial charge in [-0.2, -0.15) is 16.8 Å². The molecule has 0 bridgehead atoms. The lowest BCUT2D eigenvalue weighted by molar-refractivity contribution is 0.0815. The van der Waals surface area contributed by atoms with E-state index in [4.69, 9.17) is 4.55 Å². The van der Waals surface area contributed by atoms with Crippen molar-refractivity contribution in [2.45, 2.75) is 9.79 Å². The molecule has 2 N–H and O–H groups in total. The minimum Gasteiger partial charge on any atom is -0.285 e. The Bertz CT molecular complexity index is 1220. The van der Waals surface area contributed by atoms with Crippen LogP contribution in [0.3, 0.4) is 0 Å². The molecule has 0 aliphatic carbocycles. The summed E-state index contributed by atoms with van der Waals surface area (Å²) in [7, 11) is -10.3. The largest absolute Gasteiger partial charge is 0.296 e. The molecule has 2 radical (unpaired) electrons. The number of carbonyl (C=O) groups excluding carboxylic acids is 4. The van der Waals surface area contributed by atoms with E-state index in [2.05, 4.69) is 0 Å². The van der Waals surface area contributed by atoms with Gasteiger partial charge in [-0.05, 0) is 18.2 Å². The molecule has 144 valence electrons. The zero-order valence-corrected chi connectivity index (χ0v) is 15.1. The lowest BCUT2D eigenvalue weighted by atomic mass is 9.99. The van der Waals surface area contributed by atoms with E-state index in [1.807, 2.05) is 0 Å². The Balaban J connectivity index is 2.80. The molecule has 2 aromatic carbocycles. The third-order valence-corrected chi connectivity index (χ3v) is 5.21. The minimum absolute atomic E-state index is 0.109. The van der Waals surface area contributed by atoms with E-state index in [9.17, 15) is 40.6 Å². The highest BCUT2D eigenvalue weighted by Gasteiger charge is 2.31. The van der Waals surface area contributed by atoms with Crippen LogP contribution in [0.2, 0.25) is 0 Å². The number of rotatable bonds is 7. The van der Waals surface area contributed by atoms with E-state index in [1.54, 1.807) is 0 Å². The highest BCUT2D eigenvalue weighted by Crippen LogP contribution is 2.26. The molecule has 0 aliphatic heterocycles. The van der Waals surface area contributed by atoms with Gasteiger partial charge in [0.1, 0.15) is 4.90 Å². The lowest BCUT2D eigenvalue weighted by Gasteiger charge is -2.10. The van der Waals surface area contributed by atoms with Crippen LogP contribution in [0.4, 0.5) is 0 Å².